The van der Waals surface area contributed by atoms with E-state index in [9.17, 15) is 35.5 Å². The molecule has 0 aromatic heterocycles. The molecule has 0 bridgehead atoms. The van der Waals surface area contributed by atoms with Gasteiger partial charge >= 0.3 is 23.9 Å². The minimum absolute atomic E-state index is 0.517. The number of rotatable bonds is 3. The third-order valence-electron chi connectivity index (χ3n) is 1.36. The molecule has 0 aromatic carbocycles. The number of carbonyl (C=O) groups excluding carboxylic acids is 1. The maximum absolute atomic E-state index is 12.5. The summed E-state index contributed by atoms with van der Waals surface area (Å²) < 4.78 is 84.4. The number of alkyl halides is 7. The molecule has 0 saturated heterocycles. The number of hydrazine groups is 1. The Morgan fingerprint density at radius 1 is 1.00 bits per heavy atom. The van der Waals surface area contributed by atoms with Gasteiger partial charge in [0.15, 0.2) is 0 Å². The number of halogens is 7. The van der Waals surface area contributed by atoms with Gasteiger partial charge in [-0.3, -0.25) is 10.2 Å². The van der Waals surface area contributed by atoms with E-state index in [2.05, 4.69) is 0 Å². The fourth-order valence-electron chi connectivity index (χ4n) is 0.594. The molecule has 16 heavy (non-hydrogen) atoms. The van der Waals surface area contributed by atoms with Gasteiger partial charge < -0.3 is 0 Å². The Hall–Kier alpha value is -1.06. The van der Waals surface area contributed by atoms with Gasteiger partial charge in [-0.25, -0.2) is 5.01 Å². The maximum Gasteiger partial charge on any atom is 0.460 e. The topological polar surface area (TPSA) is 32.3 Å². The molecule has 0 aromatic rings. The average Bonchev–Trinajstić information content (AvgIpc) is 2.00. The first-order valence-electron chi connectivity index (χ1n) is 3.65. The maximum atomic E-state index is 12.5. The highest BCUT2D eigenvalue weighted by molar-refractivity contribution is 5.84. The predicted octanol–water partition coefficient (Wildman–Crippen LogP) is 1.41. The van der Waals surface area contributed by atoms with E-state index in [1.807, 2.05) is 0 Å². The molecule has 0 rings (SSSR count). The Balaban J connectivity index is 5.12. The van der Waals surface area contributed by atoms with E-state index in [0.717, 1.165) is 19.5 Å². The van der Waals surface area contributed by atoms with Gasteiger partial charge in [0.25, 0.3) is 0 Å². The largest absolute Gasteiger partial charge is 0.460 e. The van der Waals surface area contributed by atoms with Crippen molar-refractivity contribution in [1.29, 1.82) is 0 Å². The van der Waals surface area contributed by atoms with Crippen LogP contribution in [0.4, 0.5) is 30.7 Å². The Morgan fingerprint density at radius 3 is 1.62 bits per heavy atom. The second-order valence-corrected chi connectivity index (χ2v) is 2.98. The number of hydrogen-bond acceptors (Lipinski definition) is 2. The Bertz CT molecular complexity index is 273. The van der Waals surface area contributed by atoms with Crippen molar-refractivity contribution in [2.75, 3.05) is 14.1 Å². The van der Waals surface area contributed by atoms with E-state index < -0.39 is 23.9 Å². The molecule has 0 heterocycles. The smallest absolute Gasteiger partial charge is 0.284 e. The van der Waals surface area contributed by atoms with Crippen molar-refractivity contribution in [2.24, 2.45) is 0 Å². The van der Waals surface area contributed by atoms with E-state index in [1.165, 1.54) is 0 Å². The number of nitrogens with zero attached hydrogens (tertiary/aromatic N) is 1. The second-order valence-electron chi connectivity index (χ2n) is 2.98. The van der Waals surface area contributed by atoms with Crippen molar-refractivity contribution >= 4 is 5.91 Å². The fourth-order valence-corrected chi connectivity index (χ4v) is 0.594. The lowest BCUT2D eigenvalue weighted by Gasteiger charge is -2.27. The van der Waals surface area contributed by atoms with Crippen molar-refractivity contribution in [3.8, 4) is 0 Å². The minimum atomic E-state index is -6.51. The molecule has 0 spiro atoms. The highest BCUT2D eigenvalue weighted by Gasteiger charge is 2.76. The minimum Gasteiger partial charge on any atom is -0.284 e. The second kappa shape index (κ2) is 4.07. The normalized spacial score (nSPS) is 14.1. The molecule has 0 radical (unpaired) electrons. The van der Waals surface area contributed by atoms with Crippen LogP contribution in [0, 0.1) is 0 Å². The SMILES string of the molecule is CN(C)NC(=O)C(F)(F)C(F)(F)C(F)(F)F. The van der Waals surface area contributed by atoms with E-state index in [4.69, 9.17) is 0 Å². The van der Waals surface area contributed by atoms with E-state index >= 15 is 0 Å². The Kier molecular flexibility index (Phi) is 3.80. The molecule has 1 N–H and O–H groups in total. The summed E-state index contributed by atoms with van der Waals surface area (Å²) in [4.78, 5) is 10.5. The number of carbonyl (C=O) groups is 1. The lowest BCUT2D eigenvalue weighted by molar-refractivity contribution is -0.344. The van der Waals surface area contributed by atoms with Gasteiger partial charge in [-0.2, -0.15) is 30.7 Å². The van der Waals surface area contributed by atoms with E-state index in [0.29, 0.717) is 5.01 Å². The van der Waals surface area contributed by atoms with Gasteiger partial charge in [0, 0.05) is 14.1 Å². The van der Waals surface area contributed by atoms with Gasteiger partial charge in [0.1, 0.15) is 0 Å². The van der Waals surface area contributed by atoms with E-state index in [1.54, 1.807) is 0 Å². The van der Waals surface area contributed by atoms with Crippen LogP contribution in [0.15, 0.2) is 0 Å². The molecule has 3 nitrogen and oxygen atoms in total. The molecule has 0 fully saturated rings. The molecule has 10 heteroatoms. The van der Waals surface area contributed by atoms with Crippen molar-refractivity contribution in [2.45, 2.75) is 18.0 Å². The third kappa shape index (κ3) is 2.54. The molecular formula is C6H7F7N2O. The fraction of sp³-hybridized carbons (Fsp3) is 0.833. The van der Waals surface area contributed by atoms with Crippen molar-refractivity contribution in [3.63, 3.8) is 0 Å². The first kappa shape index (κ1) is 14.9. The Labute approximate surface area is 85.2 Å². The van der Waals surface area contributed by atoms with Crippen LogP contribution in [-0.4, -0.2) is 43.0 Å². The lowest BCUT2D eigenvalue weighted by Crippen LogP contribution is -2.60. The van der Waals surface area contributed by atoms with Crippen LogP contribution >= 0.6 is 0 Å². The quantitative estimate of drug-likeness (QED) is 0.611. The van der Waals surface area contributed by atoms with Crippen LogP contribution < -0.4 is 5.43 Å². The van der Waals surface area contributed by atoms with Crippen molar-refractivity contribution in [1.82, 2.24) is 10.4 Å². The monoisotopic (exact) mass is 256 g/mol. The molecule has 1 amide bonds. The van der Waals surface area contributed by atoms with Crippen LogP contribution in [0.1, 0.15) is 0 Å². The molecule has 96 valence electrons. The summed E-state index contributed by atoms with van der Waals surface area (Å²) in [7, 11) is 1.94. The molecule has 0 atom stereocenters. The molecular weight excluding hydrogens is 249 g/mol. The Morgan fingerprint density at radius 2 is 1.38 bits per heavy atom. The zero-order valence-electron chi connectivity index (χ0n) is 8.00. The molecule has 0 aliphatic rings. The van der Waals surface area contributed by atoms with Crippen LogP contribution in [0.2, 0.25) is 0 Å². The predicted molar refractivity (Wildman–Crippen MR) is 37.8 cm³/mol. The van der Waals surface area contributed by atoms with Crippen LogP contribution in [0.25, 0.3) is 0 Å². The van der Waals surface area contributed by atoms with Gasteiger partial charge in [-0.15, -0.1) is 0 Å². The summed E-state index contributed by atoms with van der Waals surface area (Å²) in [5.74, 6) is -15.0. The van der Waals surface area contributed by atoms with Gasteiger partial charge in [0.2, 0.25) is 0 Å². The van der Waals surface area contributed by atoms with Crippen LogP contribution in [-0.2, 0) is 4.79 Å². The first-order valence-corrected chi connectivity index (χ1v) is 3.65. The van der Waals surface area contributed by atoms with Gasteiger partial charge in [0.05, 0.1) is 0 Å². The summed E-state index contributed by atoms with van der Waals surface area (Å²) in [6.45, 7) is 0. The zero-order chi connectivity index (χ0) is 13.4. The van der Waals surface area contributed by atoms with Crippen molar-refractivity contribution < 1.29 is 35.5 Å². The van der Waals surface area contributed by atoms with Crippen molar-refractivity contribution in [3.05, 3.63) is 0 Å². The third-order valence-corrected chi connectivity index (χ3v) is 1.36. The zero-order valence-corrected chi connectivity index (χ0v) is 8.00. The summed E-state index contributed by atoms with van der Waals surface area (Å²) in [6.07, 6.45) is -6.51. The van der Waals surface area contributed by atoms with Crippen LogP contribution in [0.3, 0.4) is 0 Å². The summed E-state index contributed by atoms with van der Waals surface area (Å²) in [6, 6.07) is 0. The van der Waals surface area contributed by atoms with Gasteiger partial charge in [-0.05, 0) is 0 Å². The average molecular weight is 256 g/mol. The summed E-state index contributed by atoms with van der Waals surface area (Å²) in [5, 5.41) is 0.517. The van der Waals surface area contributed by atoms with Crippen LogP contribution in [0.5, 0.6) is 0 Å². The summed E-state index contributed by atoms with van der Waals surface area (Å²) in [5.41, 5.74) is 1.13. The number of amides is 1. The highest BCUT2D eigenvalue weighted by Crippen LogP contribution is 2.46. The molecule has 0 aliphatic heterocycles. The first-order chi connectivity index (χ1) is 6.84. The molecule has 0 unspecified atom stereocenters. The van der Waals surface area contributed by atoms with E-state index in [-0.39, 0.29) is 0 Å². The van der Waals surface area contributed by atoms with Gasteiger partial charge in [-0.1, -0.05) is 0 Å². The summed E-state index contributed by atoms with van der Waals surface area (Å²) >= 11 is 0. The lowest BCUT2D eigenvalue weighted by atomic mass is 10.1. The standard InChI is InChI=1S/C6H7F7N2O/c1-15(2)14-3(16)4(7,8)5(9,10)6(11,12)13/h1-2H3,(H,14,16). The molecule has 0 aliphatic carbocycles. The highest BCUT2D eigenvalue weighted by atomic mass is 19.4. The molecule has 0 saturated carbocycles. The number of hydrogen-bond donors (Lipinski definition) is 1. The number of nitrogens with one attached hydrogen (secondary N) is 1.